The highest BCUT2D eigenvalue weighted by Crippen LogP contribution is 2.26. The van der Waals surface area contributed by atoms with E-state index < -0.39 is 10.0 Å². The number of carbonyl (C=O) groups is 1. The quantitative estimate of drug-likeness (QED) is 0.638. The maximum absolute atomic E-state index is 13.1. The van der Waals surface area contributed by atoms with Gasteiger partial charge in [-0.25, -0.2) is 8.42 Å². The van der Waals surface area contributed by atoms with Crippen molar-refractivity contribution in [2.45, 2.75) is 24.2 Å². The van der Waals surface area contributed by atoms with Gasteiger partial charge in [-0.05, 0) is 62.1 Å². The molecular formula is C24H30ClN3O4S. The fraction of sp³-hybridized carbons (Fsp3) is 0.458. The predicted octanol–water partition coefficient (Wildman–Crippen LogP) is 3.72. The minimum absolute atomic E-state index is 0.0358. The third-order valence-corrected chi connectivity index (χ3v) is 8.06. The number of para-hydroxylation sites is 1. The van der Waals surface area contributed by atoms with Crippen LogP contribution in [0, 0.1) is 5.92 Å². The number of anilines is 1. The van der Waals surface area contributed by atoms with E-state index in [0.717, 1.165) is 52.1 Å². The molecule has 2 fully saturated rings. The van der Waals surface area contributed by atoms with Gasteiger partial charge >= 0.3 is 0 Å². The van der Waals surface area contributed by atoms with Crippen molar-refractivity contribution in [3.05, 3.63) is 59.1 Å². The van der Waals surface area contributed by atoms with E-state index in [9.17, 15) is 13.2 Å². The van der Waals surface area contributed by atoms with Gasteiger partial charge in [0.05, 0.1) is 28.8 Å². The molecule has 1 amide bonds. The van der Waals surface area contributed by atoms with Gasteiger partial charge in [0.15, 0.2) is 0 Å². The van der Waals surface area contributed by atoms with E-state index in [1.807, 2.05) is 4.90 Å². The number of morpholine rings is 1. The van der Waals surface area contributed by atoms with Crippen LogP contribution >= 0.6 is 11.6 Å². The molecule has 2 aliphatic rings. The second kappa shape index (κ2) is 10.9. The van der Waals surface area contributed by atoms with E-state index in [1.54, 1.807) is 36.4 Å². The van der Waals surface area contributed by atoms with E-state index in [1.165, 1.54) is 12.1 Å². The van der Waals surface area contributed by atoms with Gasteiger partial charge in [-0.15, -0.1) is 0 Å². The summed E-state index contributed by atoms with van der Waals surface area (Å²) in [5.74, 6) is 0.486. The topological polar surface area (TPSA) is 79.0 Å². The highest BCUT2D eigenvalue weighted by Gasteiger charge is 2.25. The lowest BCUT2D eigenvalue weighted by molar-refractivity contribution is 0.0332. The van der Waals surface area contributed by atoms with Crippen molar-refractivity contribution in [3.63, 3.8) is 0 Å². The van der Waals surface area contributed by atoms with E-state index >= 15 is 0 Å². The zero-order valence-corrected chi connectivity index (χ0v) is 20.2. The molecule has 7 nitrogen and oxygen atoms in total. The van der Waals surface area contributed by atoms with E-state index in [4.69, 9.17) is 16.3 Å². The van der Waals surface area contributed by atoms with Crippen LogP contribution in [0.25, 0.3) is 0 Å². The summed E-state index contributed by atoms with van der Waals surface area (Å²) in [5.41, 5.74) is 0.679. The molecule has 9 heteroatoms. The van der Waals surface area contributed by atoms with Crippen molar-refractivity contribution in [2.24, 2.45) is 5.92 Å². The Hall–Kier alpha value is -2.13. The molecule has 4 rings (SSSR count). The standard InChI is InChI=1S/C24H30ClN3O4S/c25-22-6-1-2-7-23(22)26-33(30,31)21-5-3-4-20(18-21)24(29)28-12-9-19(10-13-28)8-11-27-14-16-32-17-15-27/h1-7,18-19,26H,8-17H2. The first-order valence-electron chi connectivity index (χ1n) is 11.4. The van der Waals surface area contributed by atoms with Crippen LogP contribution in [-0.4, -0.2) is 70.1 Å². The second-order valence-corrected chi connectivity index (χ2v) is 10.7. The normalized spacial score (nSPS) is 18.3. The van der Waals surface area contributed by atoms with Crippen LogP contribution < -0.4 is 4.72 Å². The first kappa shape index (κ1) is 24.0. The lowest BCUT2D eigenvalue weighted by Crippen LogP contribution is -2.40. The average Bonchev–Trinajstić information content (AvgIpc) is 2.85. The molecular weight excluding hydrogens is 462 g/mol. The molecule has 33 heavy (non-hydrogen) atoms. The van der Waals surface area contributed by atoms with Crippen LogP contribution in [0.1, 0.15) is 29.6 Å². The number of piperidine rings is 1. The Labute approximate surface area is 200 Å². The van der Waals surface area contributed by atoms with Crippen molar-refractivity contribution < 1.29 is 17.9 Å². The minimum atomic E-state index is -3.87. The molecule has 0 saturated carbocycles. The van der Waals surface area contributed by atoms with Crippen LogP contribution in [0.5, 0.6) is 0 Å². The molecule has 0 unspecified atom stereocenters. The molecule has 2 aromatic rings. The molecule has 2 aliphatic heterocycles. The van der Waals surface area contributed by atoms with Gasteiger partial charge in [-0.3, -0.25) is 14.4 Å². The smallest absolute Gasteiger partial charge is 0.261 e. The molecule has 2 heterocycles. The number of ether oxygens (including phenoxy) is 1. The number of benzene rings is 2. The molecule has 0 atom stereocenters. The highest BCUT2D eigenvalue weighted by atomic mass is 35.5. The zero-order chi connectivity index (χ0) is 23.3. The lowest BCUT2D eigenvalue weighted by atomic mass is 9.93. The summed E-state index contributed by atoms with van der Waals surface area (Å²) in [7, 11) is -3.87. The summed E-state index contributed by atoms with van der Waals surface area (Å²) in [4.78, 5) is 17.4. The molecule has 0 aromatic heterocycles. The summed E-state index contributed by atoms with van der Waals surface area (Å²) < 4.78 is 33.6. The Morgan fingerprint density at radius 2 is 1.76 bits per heavy atom. The number of likely N-dealkylation sites (tertiary alicyclic amines) is 1. The number of hydrogen-bond donors (Lipinski definition) is 1. The van der Waals surface area contributed by atoms with Gasteiger partial charge < -0.3 is 9.64 Å². The predicted molar refractivity (Wildman–Crippen MR) is 129 cm³/mol. The number of sulfonamides is 1. The molecule has 2 saturated heterocycles. The Balaban J connectivity index is 1.34. The number of nitrogens with zero attached hydrogens (tertiary/aromatic N) is 2. The Kier molecular flexibility index (Phi) is 7.90. The number of amides is 1. The van der Waals surface area contributed by atoms with Crippen LogP contribution in [0.15, 0.2) is 53.4 Å². The fourth-order valence-corrected chi connectivity index (χ4v) is 5.71. The van der Waals surface area contributed by atoms with Crippen molar-refractivity contribution in [2.75, 3.05) is 50.7 Å². The SMILES string of the molecule is O=C(c1cccc(S(=O)(=O)Nc2ccccc2Cl)c1)N1CCC(CCN2CCOCC2)CC1. The van der Waals surface area contributed by atoms with E-state index in [-0.39, 0.29) is 10.8 Å². The number of rotatable bonds is 7. The summed E-state index contributed by atoms with van der Waals surface area (Å²) in [6.45, 7) is 6.11. The van der Waals surface area contributed by atoms with Gasteiger partial charge in [-0.1, -0.05) is 29.8 Å². The van der Waals surface area contributed by atoms with Gasteiger partial charge in [0.25, 0.3) is 15.9 Å². The number of halogens is 1. The first-order chi connectivity index (χ1) is 15.9. The molecule has 2 aromatic carbocycles. The van der Waals surface area contributed by atoms with Crippen LogP contribution in [0.2, 0.25) is 5.02 Å². The Morgan fingerprint density at radius 3 is 2.48 bits per heavy atom. The minimum Gasteiger partial charge on any atom is -0.379 e. The molecule has 178 valence electrons. The number of carbonyl (C=O) groups excluding carboxylic acids is 1. The summed E-state index contributed by atoms with van der Waals surface area (Å²) in [5, 5.41) is 0.310. The van der Waals surface area contributed by atoms with Gasteiger partial charge in [0.2, 0.25) is 0 Å². The highest BCUT2D eigenvalue weighted by molar-refractivity contribution is 7.92. The largest absolute Gasteiger partial charge is 0.379 e. The van der Waals surface area contributed by atoms with Gasteiger partial charge in [0, 0.05) is 31.7 Å². The molecule has 0 bridgehead atoms. The Bertz CT molecular complexity index is 1060. The number of hydrogen-bond acceptors (Lipinski definition) is 5. The molecule has 0 aliphatic carbocycles. The van der Waals surface area contributed by atoms with E-state index in [0.29, 0.717) is 35.3 Å². The fourth-order valence-electron chi connectivity index (χ4n) is 4.34. The van der Waals surface area contributed by atoms with Crippen molar-refractivity contribution in [1.82, 2.24) is 9.80 Å². The van der Waals surface area contributed by atoms with Crippen molar-refractivity contribution in [3.8, 4) is 0 Å². The van der Waals surface area contributed by atoms with Gasteiger partial charge in [0.1, 0.15) is 0 Å². The first-order valence-corrected chi connectivity index (χ1v) is 13.3. The monoisotopic (exact) mass is 491 g/mol. The maximum atomic E-state index is 13.1. The van der Waals surface area contributed by atoms with Crippen LogP contribution in [0.4, 0.5) is 5.69 Å². The lowest BCUT2D eigenvalue weighted by Gasteiger charge is -2.34. The molecule has 1 N–H and O–H groups in total. The molecule has 0 spiro atoms. The summed E-state index contributed by atoms with van der Waals surface area (Å²) in [6, 6.07) is 12.8. The van der Waals surface area contributed by atoms with E-state index in [2.05, 4.69) is 9.62 Å². The second-order valence-electron chi connectivity index (χ2n) is 8.59. The Morgan fingerprint density at radius 1 is 1.03 bits per heavy atom. The number of nitrogens with one attached hydrogen (secondary N) is 1. The average molecular weight is 492 g/mol. The zero-order valence-electron chi connectivity index (χ0n) is 18.6. The molecule has 0 radical (unpaired) electrons. The van der Waals surface area contributed by atoms with Crippen LogP contribution in [-0.2, 0) is 14.8 Å². The van der Waals surface area contributed by atoms with Crippen molar-refractivity contribution >= 4 is 33.2 Å². The van der Waals surface area contributed by atoms with Gasteiger partial charge in [-0.2, -0.15) is 0 Å². The maximum Gasteiger partial charge on any atom is 0.261 e. The summed E-state index contributed by atoms with van der Waals surface area (Å²) >= 11 is 6.08. The third kappa shape index (κ3) is 6.26. The van der Waals surface area contributed by atoms with Crippen molar-refractivity contribution in [1.29, 1.82) is 0 Å². The summed E-state index contributed by atoms with van der Waals surface area (Å²) in [6.07, 6.45) is 3.09. The van der Waals surface area contributed by atoms with Crippen LogP contribution in [0.3, 0.4) is 0 Å². The third-order valence-electron chi connectivity index (χ3n) is 6.37.